The van der Waals surface area contributed by atoms with Gasteiger partial charge in [0.1, 0.15) is 0 Å². The van der Waals surface area contributed by atoms with Crippen LogP contribution in [-0.2, 0) is 11.2 Å². The average molecular weight is 307 g/mol. The number of amides is 1. The molecule has 1 aliphatic carbocycles. The summed E-state index contributed by atoms with van der Waals surface area (Å²) in [6.07, 6.45) is 3.30. The van der Waals surface area contributed by atoms with Crippen molar-refractivity contribution in [2.24, 2.45) is 5.41 Å². The van der Waals surface area contributed by atoms with E-state index in [4.69, 9.17) is 11.6 Å². The minimum atomic E-state index is 0.109. The Balaban J connectivity index is 1.72. The molecule has 1 aromatic rings. The van der Waals surface area contributed by atoms with Gasteiger partial charge in [0, 0.05) is 24.2 Å². The van der Waals surface area contributed by atoms with Gasteiger partial charge in [-0.05, 0) is 47.9 Å². The standard InChI is InChI=1S/C17H23ClN2O/c1-17(2)10-12-5-6-13(18)9-14(12)16(17)19-11-15(21)20-7-3-4-8-20/h5-6,9,16,19H,3-4,7-8,10-11H2,1-2H3. The van der Waals surface area contributed by atoms with Crippen LogP contribution in [0.5, 0.6) is 0 Å². The first-order chi connectivity index (χ1) is 9.97. The Labute approximate surface area is 131 Å². The van der Waals surface area contributed by atoms with Crippen LogP contribution in [0.25, 0.3) is 0 Å². The average Bonchev–Trinajstić information content (AvgIpc) is 3.02. The molecule has 1 atom stereocenters. The molecule has 2 aliphatic rings. The number of halogens is 1. The molecule has 3 rings (SSSR count). The monoisotopic (exact) mass is 306 g/mol. The zero-order chi connectivity index (χ0) is 15.0. The lowest BCUT2D eigenvalue weighted by Gasteiger charge is -2.29. The molecule has 21 heavy (non-hydrogen) atoms. The Kier molecular flexibility index (Phi) is 3.98. The van der Waals surface area contributed by atoms with E-state index in [-0.39, 0.29) is 17.4 Å². The number of carbonyl (C=O) groups excluding carboxylic acids is 1. The molecular formula is C17H23ClN2O. The Hall–Kier alpha value is -1.06. The number of carbonyl (C=O) groups is 1. The number of fused-ring (bicyclic) bond motifs is 1. The molecule has 114 valence electrons. The van der Waals surface area contributed by atoms with E-state index in [0.717, 1.165) is 37.4 Å². The van der Waals surface area contributed by atoms with Crippen molar-refractivity contribution >= 4 is 17.5 Å². The van der Waals surface area contributed by atoms with E-state index in [9.17, 15) is 4.79 Å². The molecule has 4 heteroatoms. The number of rotatable bonds is 3. The highest BCUT2D eigenvalue weighted by Crippen LogP contribution is 2.45. The Bertz CT molecular complexity index is 550. The third kappa shape index (κ3) is 2.95. The Morgan fingerprint density at radius 2 is 2.10 bits per heavy atom. The van der Waals surface area contributed by atoms with Crippen molar-refractivity contribution in [1.29, 1.82) is 0 Å². The van der Waals surface area contributed by atoms with Gasteiger partial charge in [-0.25, -0.2) is 0 Å². The molecule has 0 bridgehead atoms. The second-order valence-corrected chi connectivity index (χ2v) is 7.35. The molecule has 1 saturated heterocycles. The molecule has 1 amide bonds. The van der Waals surface area contributed by atoms with Gasteiger partial charge in [0.25, 0.3) is 0 Å². The fourth-order valence-electron chi connectivity index (χ4n) is 3.66. The van der Waals surface area contributed by atoms with Crippen molar-refractivity contribution in [3.8, 4) is 0 Å². The van der Waals surface area contributed by atoms with Crippen LogP contribution in [0.2, 0.25) is 5.02 Å². The van der Waals surface area contributed by atoms with Crippen LogP contribution in [0.1, 0.15) is 43.9 Å². The lowest BCUT2D eigenvalue weighted by Crippen LogP contribution is -2.40. The molecule has 3 nitrogen and oxygen atoms in total. The van der Waals surface area contributed by atoms with Crippen LogP contribution >= 0.6 is 11.6 Å². The second-order valence-electron chi connectivity index (χ2n) is 6.91. The van der Waals surface area contributed by atoms with Gasteiger partial charge in [0.2, 0.25) is 5.91 Å². The molecule has 1 aromatic carbocycles. The summed E-state index contributed by atoms with van der Waals surface area (Å²) in [5, 5.41) is 4.25. The van der Waals surface area contributed by atoms with Gasteiger partial charge in [0.05, 0.1) is 6.54 Å². The zero-order valence-corrected chi connectivity index (χ0v) is 13.5. The molecule has 1 aliphatic heterocycles. The summed E-state index contributed by atoms with van der Waals surface area (Å²) < 4.78 is 0. The van der Waals surface area contributed by atoms with Gasteiger partial charge in [-0.3, -0.25) is 4.79 Å². The lowest BCUT2D eigenvalue weighted by atomic mass is 9.85. The SMILES string of the molecule is CC1(C)Cc2ccc(Cl)cc2C1NCC(=O)N1CCCC1. The molecule has 1 heterocycles. The molecule has 0 radical (unpaired) electrons. The van der Waals surface area contributed by atoms with Gasteiger partial charge in [-0.1, -0.05) is 31.5 Å². The number of nitrogens with one attached hydrogen (secondary N) is 1. The van der Waals surface area contributed by atoms with E-state index in [1.54, 1.807) is 0 Å². The first kappa shape index (κ1) is 14.9. The van der Waals surface area contributed by atoms with Gasteiger partial charge >= 0.3 is 0 Å². The Morgan fingerprint density at radius 3 is 2.81 bits per heavy atom. The highest BCUT2D eigenvalue weighted by atomic mass is 35.5. The number of nitrogens with zero attached hydrogens (tertiary/aromatic N) is 1. The van der Waals surface area contributed by atoms with Crippen LogP contribution < -0.4 is 5.32 Å². The fourth-order valence-corrected chi connectivity index (χ4v) is 3.84. The maximum atomic E-state index is 12.2. The zero-order valence-electron chi connectivity index (χ0n) is 12.8. The summed E-state index contributed by atoms with van der Waals surface area (Å²) in [7, 11) is 0. The minimum absolute atomic E-state index is 0.109. The summed E-state index contributed by atoms with van der Waals surface area (Å²) >= 11 is 6.15. The summed E-state index contributed by atoms with van der Waals surface area (Å²) in [5.74, 6) is 0.221. The first-order valence-electron chi connectivity index (χ1n) is 7.77. The van der Waals surface area contributed by atoms with E-state index < -0.39 is 0 Å². The summed E-state index contributed by atoms with van der Waals surface area (Å²) in [6, 6.07) is 6.30. The van der Waals surface area contributed by atoms with Crippen molar-refractivity contribution in [3.05, 3.63) is 34.3 Å². The van der Waals surface area contributed by atoms with Crippen molar-refractivity contribution in [2.45, 2.75) is 39.2 Å². The quantitative estimate of drug-likeness (QED) is 0.930. The number of hydrogen-bond donors (Lipinski definition) is 1. The molecule has 1 fully saturated rings. The highest BCUT2D eigenvalue weighted by molar-refractivity contribution is 6.30. The summed E-state index contributed by atoms with van der Waals surface area (Å²) in [5.41, 5.74) is 2.70. The predicted octanol–water partition coefficient (Wildman–Crippen LogP) is 3.18. The van der Waals surface area contributed by atoms with E-state index in [0.29, 0.717) is 6.54 Å². The van der Waals surface area contributed by atoms with Gasteiger partial charge in [-0.15, -0.1) is 0 Å². The van der Waals surface area contributed by atoms with Gasteiger partial charge < -0.3 is 10.2 Å². The van der Waals surface area contributed by atoms with Crippen LogP contribution in [0.3, 0.4) is 0 Å². The highest BCUT2D eigenvalue weighted by Gasteiger charge is 2.39. The predicted molar refractivity (Wildman–Crippen MR) is 85.5 cm³/mol. The third-order valence-corrected chi connectivity index (χ3v) is 5.00. The van der Waals surface area contributed by atoms with Crippen LogP contribution in [0.15, 0.2) is 18.2 Å². The smallest absolute Gasteiger partial charge is 0.236 e. The number of benzene rings is 1. The largest absolute Gasteiger partial charge is 0.342 e. The topological polar surface area (TPSA) is 32.3 Å². The Morgan fingerprint density at radius 1 is 1.38 bits per heavy atom. The summed E-state index contributed by atoms with van der Waals surface area (Å²) in [4.78, 5) is 14.2. The van der Waals surface area contributed by atoms with Gasteiger partial charge in [0.15, 0.2) is 0 Å². The summed E-state index contributed by atoms with van der Waals surface area (Å²) in [6.45, 7) is 6.74. The molecule has 0 saturated carbocycles. The molecule has 0 aromatic heterocycles. The number of hydrogen-bond acceptors (Lipinski definition) is 2. The van der Waals surface area contributed by atoms with Crippen LogP contribution in [-0.4, -0.2) is 30.4 Å². The molecule has 1 N–H and O–H groups in total. The lowest BCUT2D eigenvalue weighted by molar-refractivity contribution is -0.129. The van der Waals surface area contributed by atoms with Gasteiger partial charge in [-0.2, -0.15) is 0 Å². The van der Waals surface area contributed by atoms with Crippen molar-refractivity contribution < 1.29 is 4.79 Å². The van der Waals surface area contributed by atoms with Crippen LogP contribution in [0, 0.1) is 5.41 Å². The first-order valence-corrected chi connectivity index (χ1v) is 8.15. The maximum absolute atomic E-state index is 12.2. The molecule has 1 unspecified atom stereocenters. The van der Waals surface area contributed by atoms with E-state index >= 15 is 0 Å². The molecular weight excluding hydrogens is 284 g/mol. The maximum Gasteiger partial charge on any atom is 0.236 e. The normalized spacial score (nSPS) is 23.4. The van der Waals surface area contributed by atoms with E-state index in [2.05, 4.69) is 25.2 Å². The number of likely N-dealkylation sites (tertiary alicyclic amines) is 1. The third-order valence-electron chi connectivity index (χ3n) is 4.76. The van der Waals surface area contributed by atoms with Crippen molar-refractivity contribution in [1.82, 2.24) is 10.2 Å². The van der Waals surface area contributed by atoms with Crippen molar-refractivity contribution in [3.63, 3.8) is 0 Å². The fraction of sp³-hybridized carbons (Fsp3) is 0.588. The minimum Gasteiger partial charge on any atom is -0.342 e. The van der Waals surface area contributed by atoms with Crippen LogP contribution in [0.4, 0.5) is 0 Å². The van der Waals surface area contributed by atoms with Crippen molar-refractivity contribution in [2.75, 3.05) is 19.6 Å². The van der Waals surface area contributed by atoms with E-state index in [1.807, 2.05) is 17.0 Å². The molecule has 0 spiro atoms. The second kappa shape index (κ2) is 5.62. The van der Waals surface area contributed by atoms with E-state index in [1.165, 1.54) is 11.1 Å².